The zero-order valence-corrected chi connectivity index (χ0v) is 14.0. The molecule has 0 saturated heterocycles. The van der Waals surface area contributed by atoms with Crippen LogP contribution in [-0.2, 0) is 0 Å². The first kappa shape index (κ1) is 14.7. The lowest BCUT2D eigenvalue weighted by atomic mass is 9.76. The fourth-order valence-electron chi connectivity index (χ4n) is 2.62. The van der Waals surface area contributed by atoms with Crippen LogP contribution in [0.3, 0.4) is 0 Å². The largest absolute Gasteiger partial charge is 0.497 e. The molecule has 1 aliphatic carbocycles. The molecule has 1 aromatic heterocycles. The van der Waals surface area contributed by atoms with Crippen molar-refractivity contribution in [3.8, 4) is 5.75 Å². The second-order valence-corrected chi connectivity index (χ2v) is 6.49. The molecule has 0 atom stereocenters. The fourth-order valence-corrected chi connectivity index (χ4v) is 3.07. The summed E-state index contributed by atoms with van der Waals surface area (Å²) >= 11 is 9.29. The molecule has 3 nitrogen and oxygen atoms in total. The molecule has 0 aliphatic heterocycles. The lowest BCUT2D eigenvalue weighted by molar-refractivity contribution is 0.373. The number of aromatic nitrogens is 1. The topological polar surface area (TPSA) is 34.1 Å². The van der Waals surface area contributed by atoms with E-state index in [1.54, 1.807) is 13.3 Å². The maximum Gasteiger partial charge on any atom is 0.143 e. The van der Waals surface area contributed by atoms with Gasteiger partial charge in [-0.1, -0.05) is 23.7 Å². The summed E-state index contributed by atoms with van der Waals surface area (Å²) in [6, 6.07) is 10.8. The van der Waals surface area contributed by atoms with Crippen LogP contribution < -0.4 is 10.1 Å². The van der Waals surface area contributed by atoms with Crippen molar-refractivity contribution in [3.05, 3.63) is 51.7 Å². The maximum absolute atomic E-state index is 5.90. The number of pyridine rings is 1. The number of halogens is 2. The number of hydrogen-bond donors (Lipinski definition) is 1. The Morgan fingerprint density at radius 2 is 2.00 bits per heavy atom. The van der Waals surface area contributed by atoms with Crippen LogP contribution in [0.4, 0.5) is 5.69 Å². The molecule has 3 rings (SSSR count). The van der Waals surface area contributed by atoms with Gasteiger partial charge in [0.15, 0.2) is 0 Å². The van der Waals surface area contributed by atoms with E-state index in [1.165, 1.54) is 5.56 Å². The van der Waals surface area contributed by atoms with Crippen molar-refractivity contribution < 1.29 is 4.74 Å². The molecule has 1 saturated carbocycles. The van der Waals surface area contributed by atoms with Crippen molar-refractivity contribution in [1.29, 1.82) is 0 Å². The highest BCUT2D eigenvalue weighted by molar-refractivity contribution is 9.10. The second kappa shape index (κ2) is 6.24. The Balaban J connectivity index is 1.56. The number of benzene rings is 1. The third-order valence-electron chi connectivity index (χ3n) is 3.89. The number of anilines is 1. The lowest BCUT2D eigenvalue weighted by Crippen LogP contribution is -2.34. The van der Waals surface area contributed by atoms with E-state index >= 15 is 0 Å². The molecular weight excluding hydrogens is 352 g/mol. The molecule has 5 heteroatoms. The van der Waals surface area contributed by atoms with Gasteiger partial charge >= 0.3 is 0 Å². The Morgan fingerprint density at radius 3 is 2.62 bits per heavy atom. The Hall–Kier alpha value is -1.26. The van der Waals surface area contributed by atoms with Gasteiger partial charge in [0.1, 0.15) is 10.9 Å². The van der Waals surface area contributed by atoms with Crippen molar-refractivity contribution in [3.63, 3.8) is 0 Å². The summed E-state index contributed by atoms with van der Waals surface area (Å²) in [6.07, 6.45) is 4.03. The Bertz CT molecular complexity index is 627. The molecule has 1 aromatic carbocycles. The highest BCUT2D eigenvalue weighted by atomic mass is 79.9. The molecule has 2 aromatic rings. The summed E-state index contributed by atoms with van der Waals surface area (Å²) in [5.74, 6) is 1.53. The first-order valence-corrected chi connectivity index (χ1v) is 8.04. The van der Waals surface area contributed by atoms with Gasteiger partial charge in [0, 0.05) is 6.04 Å². The van der Waals surface area contributed by atoms with Crippen molar-refractivity contribution in [2.75, 3.05) is 12.4 Å². The summed E-state index contributed by atoms with van der Waals surface area (Å²) in [5.41, 5.74) is 2.38. The molecule has 1 heterocycles. The minimum absolute atomic E-state index is 0.491. The number of hydrogen-bond acceptors (Lipinski definition) is 3. The molecule has 0 amide bonds. The van der Waals surface area contributed by atoms with Crippen molar-refractivity contribution >= 4 is 33.2 Å². The van der Waals surface area contributed by atoms with E-state index in [0.29, 0.717) is 17.1 Å². The minimum Gasteiger partial charge on any atom is -0.497 e. The Kier molecular flexibility index (Phi) is 4.36. The first-order chi connectivity index (χ1) is 10.2. The number of nitrogens with zero attached hydrogens (tertiary/aromatic N) is 1. The van der Waals surface area contributed by atoms with Gasteiger partial charge in [-0.25, -0.2) is 4.98 Å². The van der Waals surface area contributed by atoms with Gasteiger partial charge in [0.25, 0.3) is 0 Å². The molecule has 1 N–H and O–H groups in total. The summed E-state index contributed by atoms with van der Waals surface area (Å²) in [4.78, 5) is 4.13. The molecule has 21 heavy (non-hydrogen) atoms. The first-order valence-electron chi connectivity index (χ1n) is 6.87. The van der Waals surface area contributed by atoms with Crippen molar-refractivity contribution in [1.82, 2.24) is 4.98 Å². The molecule has 110 valence electrons. The normalized spacial score (nSPS) is 20.7. The third kappa shape index (κ3) is 3.33. The summed E-state index contributed by atoms with van der Waals surface area (Å²) in [6.45, 7) is 0. The highest BCUT2D eigenvalue weighted by Gasteiger charge is 2.30. The van der Waals surface area contributed by atoms with Gasteiger partial charge < -0.3 is 10.1 Å². The van der Waals surface area contributed by atoms with Crippen LogP contribution in [0.1, 0.15) is 24.3 Å². The average Bonchev–Trinajstić information content (AvgIpc) is 2.46. The van der Waals surface area contributed by atoms with Crippen molar-refractivity contribution in [2.24, 2.45) is 0 Å². The van der Waals surface area contributed by atoms with E-state index in [2.05, 4.69) is 38.4 Å². The van der Waals surface area contributed by atoms with Crippen LogP contribution in [0.15, 0.2) is 41.0 Å². The van der Waals surface area contributed by atoms with E-state index in [-0.39, 0.29) is 0 Å². The van der Waals surface area contributed by atoms with Gasteiger partial charge in [0.2, 0.25) is 0 Å². The predicted molar refractivity (Wildman–Crippen MR) is 89.3 cm³/mol. The van der Waals surface area contributed by atoms with E-state index in [0.717, 1.165) is 28.8 Å². The standard InChI is InChI=1S/C16H16BrClN2O/c1-21-14-4-2-10(3-5-14)11-6-12(7-11)20-13-8-15(17)16(18)19-9-13/h2-5,8-9,11-12,20H,6-7H2,1H3. The van der Waals surface area contributed by atoms with Crippen molar-refractivity contribution in [2.45, 2.75) is 24.8 Å². The number of ether oxygens (including phenoxy) is 1. The predicted octanol–water partition coefficient (Wildman–Crippen LogP) is 4.86. The van der Waals surface area contributed by atoms with Gasteiger partial charge in [-0.05, 0) is 58.5 Å². The molecule has 1 fully saturated rings. The maximum atomic E-state index is 5.90. The number of nitrogens with one attached hydrogen (secondary N) is 1. The van der Waals surface area contributed by atoms with Crippen LogP contribution in [0, 0.1) is 0 Å². The van der Waals surface area contributed by atoms with E-state index in [1.807, 2.05) is 18.2 Å². The molecule has 0 unspecified atom stereocenters. The van der Waals surface area contributed by atoms with Crippen LogP contribution in [0.25, 0.3) is 0 Å². The zero-order chi connectivity index (χ0) is 14.8. The van der Waals surface area contributed by atoms with Crippen LogP contribution >= 0.6 is 27.5 Å². The van der Waals surface area contributed by atoms with E-state index in [4.69, 9.17) is 16.3 Å². The minimum atomic E-state index is 0.491. The monoisotopic (exact) mass is 366 g/mol. The van der Waals surface area contributed by atoms with Crippen LogP contribution in [0.2, 0.25) is 5.15 Å². The lowest BCUT2D eigenvalue weighted by Gasteiger charge is -2.37. The fraction of sp³-hybridized carbons (Fsp3) is 0.312. The average molecular weight is 368 g/mol. The third-order valence-corrected chi connectivity index (χ3v) is 5.03. The zero-order valence-electron chi connectivity index (χ0n) is 11.6. The SMILES string of the molecule is COc1ccc(C2CC(Nc3cnc(Cl)c(Br)c3)C2)cc1. The van der Waals surface area contributed by atoms with Gasteiger partial charge in [-0.15, -0.1) is 0 Å². The quantitative estimate of drug-likeness (QED) is 0.783. The molecular formula is C16H16BrClN2O. The van der Waals surface area contributed by atoms with Crippen LogP contribution in [0.5, 0.6) is 5.75 Å². The van der Waals surface area contributed by atoms with Gasteiger partial charge in [-0.3, -0.25) is 0 Å². The van der Waals surface area contributed by atoms with E-state index < -0.39 is 0 Å². The Morgan fingerprint density at radius 1 is 1.29 bits per heavy atom. The molecule has 0 bridgehead atoms. The highest BCUT2D eigenvalue weighted by Crippen LogP contribution is 2.39. The number of methoxy groups -OCH3 is 1. The van der Waals surface area contributed by atoms with Crippen LogP contribution in [-0.4, -0.2) is 18.1 Å². The molecule has 0 radical (unpaired) electrons. The van der Waals surface area contributed by atoms with Gasteiger partial charge in [-0.2, -0.15) is 0 Å². The smallest absolute Gasteiger partial charge is 0.143 e. The van der Waals surface area contributed by atoms with Gasteiger partial charge in [0.05, 0.1) is 23.5 Å². The van der Waals surface area contributed by atoms with E-state index in [9.17, 15) is 0 Å². The summed E-state index contributed by atoms with van der Waals surface area (Å²) in [7, 11) is 1.69. The molecule has 1 aliphatic rings. The second-order valence-electron chi connectivity index (χ2n) is 5.28. The Labute approximate surface area is 137 Å². The molecule has 0 spiro atoms. The summed E-state index contributed by atoms with van der Waals surface area (Å²) < 4.78 is 6.01. The number of rotatable bonds is 4. The summed E-state index contributed by atoms with van der Waals surface area (Å²) in [5, 5.41) is 3.98.